The van der Waals surface area contributed by atoms with Gasteiger partial charge in [-0.25, -0.2) is 0 Å². The van der Waals surface area contributed by atoms with Crippen LogP contribution in [0.4, 0.5) is 10.1 Å². The fourth-order valence-electron chi connectivity index (χ4n) is 1.20. The van der Waals surface area contributed by atoms with Crippen LogP contribution < -0.4 is 0 Å². The summed E-state index contributed by atoms with van der Waals surface area (Å²) >= 11 is 7.00. The highest BCUT2D eigenvalue weighted by molar-refractivity contribution is 7.17. The third kappa shape index (κ3) is 1.25. The number of hydrogen-bond acceptors (Lipinski definition) is 3. The Bertz CT molecular complexity index is 525. The van der Waals surface area contributed by atoms with Crippen LogP contribution in [0.5, 0.6) is 0 Å². The van der Waals surface area contributed by atoms with Crippen molar-refractivity contribution in [2.75, 3.05) is 0 Å². The minimum atomic E-state index is -0.894. The molecular weight excluding hydrogens is 229 g/mol. The number of halogens is 2. The number of hydrogen-bond donors (Lipinski definition) is 0. The summed E-state index contributed by atoms with van der Waals surface area (Å²) in [6.07, 6.45) is 0. The Morgan fingerprint density at radius 1 is 1.57 bits per heavy atom. The molecule has 0 saturated heterocycles. The normalized spacial score (nSPS) is 10.7. The minimum absolute atomic E-state index is 0.133. The molecule has 0 fully saturated rings. The van der Waals surface area contributed by atoms with E-state index in [1.54, 1.807) is 11.4 Å². The molecule has 0 unspecified atom stereocenters. The monoisotopic (exact) mass is 231 g/mol. The fraction of sp³-hybridized carbons (Fsp3) is 0. The van der Waals surface area contributed by atoms with Gasteiger partial charge in [0.15, 0.2) is 0 Å². The third-order valence-electron chi connectivity index (χ3n) is 1.81. The molecule has 0 atom stereocenters. The largest absolute Gasteiger partial charge is 0.323 e. The van der Waals surface area contributed by atoms with E-state index in [1.165, 1.54) is 11.3 Å². The number of nitro groups is 1. The first-order chi connectivity index (χ1) is 6.61. The topological polar surface area (TPSA) is 43.1 Å². The molecule has 1 heterocycles. The Morgan fingerprint density at radius 2 is 2.29 bits per heavy atom. The first kappa shape index (κ1) is 9.36. The van der Waals surface area contributed by atoms with E-state index >= 15 is 0 Å². The lowest BCUT2D eigenvalue weighted by atomic mass is 10.2. The summed E-state index contributed by atoms with van der Waals surface area (Å²) < 4.78 is 13.8. The Labute approximate surface area is 86.9 Å². The highest BCUT2D eigenvalue weighted by atomic mass is 35.5. The van der Waals surface area contributed by atoms with Gasteiger partial charge in [-0.1, -0.05) is 11.6 Å². The van der Waals surface area contributed by atoms with Gasteiger partial charge in [0.2, 0.25) is 5.82 Å². The molecule has 0 N–H and O–H groups in total. The number of thiophene rings is 1. The van der Waals surface area contributed by atoms with Gasteiger partial charge < -0.3 is 0 Å². The summed E-state index contributed by atoms with van der Waals surface area (Å²) in [5.41, 5.74) is -0.655. The zero-order valence-electron chi connectivity index (χ0n) is 6.66. The second-order valence-electron chi connectivity index (χ2n) is 2.61. The molecule has 0 bridgehead atoms. The lowest BCUT2D eigenvalue weighted by Crippen LogP contribution is -1.93. The molecule has 0 aliphatic carbocycles. The summed E-state index contributed by atoms with van der Waals surface area (Å²) in [7, 11) is 0. The fourth-order valence-corrected chi connectivity index (χ4v) is 2.40. The van der Waals surface area contributed by atoms with Crippen LogP contribution in [0, 0.1) is 15.9 Å². The standard InChI is InChI=1S/C8H3ClFNO2S/c9-7-4-1-2-14-6(4)3-5(10)8(7)11(12)13/h1-3H. The van der Waals surface area contributed by atoms with E-state index in [9.17, 15) is 14.5 Å². The van der Waals surface area contributed by atoms with Gasteiger partial charge in [-0.05, 0) is 17.5 Å². The maximum absolute atomic E-state index is 13.2. The second-order valence-corrected chi connectivity index (χ2v) is 3.94. The number of nitro benzene ring substituents is 1. The van der Waals surface area contributed by atoms with Crippen molar-refractivity contribution in [2.24, 2.45) is 0 Å². The molecule has 1 aromatic heterocycles. The van der Waals surface area contributed by atoms with Gasteiger partial charge >= 0.3 is 5.69 Å². The molecule has 0 radical (unpaired) electrons. The van der Waals surface area contributed by atoms with E-state index in [-0.39, 0.29) is 5.02 Å². The predicted molar refractivity (Wildman–Crippen MR) is 53.4 cm³/mol. The van der Waals surface area contributed by atoms with E-state index in [0.29, 0.717) is 10.1 Å². The summed E-state index contributed by atoms with van der Waals surface area (Å²) in [6, 6.07) is 2.76. The summed E-state index contributed by atoms with van der Waals surface area (Å²) in [5, 5.41) is 12.6. The van der Waals surface area contributed by atoms with Gasteiger partial charge in [-0.3, -0.25) is 10.1 Å². The highest BCUT2D eigenvalue weighted by Gasteiger charge is 2.22. The SMILES string of the molecule is O=[N+]([O-])c1c(F)cc2sccc2c1Cl. The van der Waals surface area contributed by atoms with E-state index < -0.39 is 16.4 Å². The first-order valence-electron chi connectivity index (χ1n) is 3.61. The van der Waals surface area contributed by atoms with Gasteiger partial charge in [0.1, 0.15) is 5.02 Å². The van der Waals surface area contributed by atoms with Crippen molar-refractivity contribution in [1.29, 1.82) is 0 Å². The van der Waals surface area contributed by atoms with Gasteiger partial charge in [-0.15, -0.1) is 11.3 Å². The van der Waals surface area contributed by atoms with Crippen molar-refractivity contribution in [3.63, 3.8) is 0 Å². The molecule has 2 aromatic rings. The molecule has 72 valence electrons. The average molecular weight is 232 g/mol. The molecule has 0 aliphatic rings. The van der Waals surface area contributed by atoms with E-state index in [1.807, 2.05) is 0 Å². The van der Waals surface area contributed by atoms with E-state index in [0.717, 1.165) is 6.07 Å². The molecule has 6 heteroatoms. The highest BCUT2D eigenvalue weighted by Crippen LogP contribution is 2.37. The summed E-state index contributed by atoms with van der Waals surface area (Å²) in [5.74, 6) is -0.894. The molecule has 0 aliphatic heterocycles. The van der Waals surface area contributed by atoms with Crippen LogP contribution in [0.25, 0.3) is 10.1 Å². The lowest BCUT2D eigenvalue weighted by Gasteiger charge is -1.98. The van der Waals surface area contributed by atoms with Crippen molar-refractivity contribution in [1.82, 2.24) is 0 Å². The minimum Gasteiger partial charge on any atom is -0.258 e. The van der Waals surface area contributed by atoms with Crippen LogP contribution in [0.3, 0.4) is 0 Å². The molecule has 14 heavy (non-hydrogen) atoms. The van der Waals surface area contributed by atoms with E-state index in [2.05, 4.69) is 0 Å². The Kier molecular flexibility index (Phi) is 2.13. The van der Waals surface area contributed by atoms with Crippen molar-refractivity contribution < 1.29 is 9.31 Å². The van der Waals surface area contributed by atoms with Crippen LogP contribution in [0.2, 0.25) is 5.02 Å². The van der Waals surface area contributed by atoms with Gasteiger partial charge in [-0.2, -0.15) is 4.39 Å². The lowest BCUT2D eigenvalue weighted by molar-refractivity contribution is -0.387. The second kappa shape index (κ2) is 3.18. The van der Waals surface area contributed by atoms with Crippen LogP contribution in [-0.4, -0.2) is 4.92 Å². The first-order valence-corrected chi connectivity index (χ1v) is 4.86. The number of nitrogens with zero attached hydrogens (tertiary/aromatic N) is 1. The Balaban J connectivity index is 2.89. The van der Waals surface area contributed by atoms with Crippen molar-refractivity contribution in [3.05, 3.63) is 38.5 Å². The van der Waals surface area contributed by atoms with Crippen LogP contribution >= 0.6 is 22.9 Å². The maximum Gasteiger partial charge on any atom is 0.323 e. The van der Waals surface area contributed by atoms with Crippen molar-refractivity contribution in [2.45, 2.75) is 0 Å². The number of fused-ring (bicyclic) bond motifs is 1. The average Bonchev–Trinajstić information content (AvgIpc) is 2.50. The molecule has 2 rings (SSSR count). The smallest absolute Gasteiger partial charge is 0.258 e. The molecular formula is C8H3ClFNO2S. The number of benzene rings is 1. The summed E-state index contributed by atoms with van der Waals surface area (Å²) in [6.45, 7) is 0. The maximum atomic E-state index is 13.2. The van der Waals surface area contributed by atoms with Crippen LogP contribution in [-0.2, 0) is 0 Å². The van der Waals surface area contributed by atoms with Crippen LogP contribution in [0.1, 0.15) is 0 Å². The molecule has 0 saturated carbocycles. The van der Waals surface area contributed by atoms with Crippen LogP contribution in [0.15, 0.2) is 17.5 Å². The predicted octanol–water partition coefficient (Wildman–Crippen LogP) is 3.60. The van der Waals surface area contributed by atoms with Gasteiger partial charge in [0.05, 0.1) is 4.92 Å². The Morgan fingerprint density at radius 3 is 2.93 bits per heavy atom. The molecule has 0 spiro atoms. The van der Waals surface area contributed by atoms with Crippen molar-refractivity contribution >= 4 is 38.7 Å². The third-order valence-corrected chi connectivity index (χ3v) is 3.05. The molecule has 3 nitrogen and oxygen atoms in total. The van der Waals surface area contributed by atoms with Gasteiger partial charge in [0, 0.05) is 10.1 Å². The molecule has 0 amide bonds. The quantitative estimate of drug-likeness (QED) is 0.556. The zero-order chi connectivity index (χ0) is 10.3. The number of rotatable bonds is 1. The summed E-state index contributed by atoms with van der Waals surface area (Å²) in [4.78, 5) is 9.68. The zero-order valence-corrected chi connectivity index (χ0v) is 8.23. The molecule has 1 aromatic carbocycles. The van der Waals surface area contributed by atoms with E-state index in [4.69, 9.17) is 11.6 Å². The van der Waals surface area contributed by atoms with Gasteiger partial charge in [0.25, 0.3) is 0 Å². The van der Waals surface area contributed by atoms with Crippen molar-refractivity contribution in [3.8, 4) is 0 Å². The Hall–Kier alpha value is -1.20.